The molecule has 0 saturated heterocycles. The summed E-state index contributed by atoms with van der Waals surface area (Å²) in [5.41, 5.74) is 1.55. The Bertz CT molecular complexity index is 474. The van der Waals surface area contributed by atoms with E-state index in [1.54, 1.807) is 24.3 Å². The molecule has 0 spiro atoms. The highest BCUT2D eigenvalue weighted by Gasteiger charge is 2.04. The molecule has 4 heteroatoms. The van der Waals surface area contributed by atoms with E-state index in [-0.39, 0.29) is 5.75 Å². The third kappa shape index (κ3) is 3.45. The molecule has 0 aliphatic heterocycles. The van der Waals surface area contributed by atoms with Gasteiger partial charge in [0.25, 0.3) is 0 Å². The van der Waals surface area contributed by atoms with Crippen molar-refractivity contribution in [3.05, 3.63) is 54.6 Å². The first kappa shape index (κ1) is 11.4. The number of alkyl halides is 2. The maximum absolute atomic E-state index is 12.0. The maximum Gasteiger partial charge on any atom is 0.387 e. The van der Waals surface area contributed by atoms with Gasteiger partial charge in [-0.15, -0.1) is 0 Å². The van der Waals surface area contributed by atoms with Crippen LogP contribution in [0.15, 0.2) is 48.5 Å². The molecule has 0 amide bonds. The van der Waals surface area contributed by atoms with Crippen molar-refractivity contribution in [2.75, 3.05) is 5.32 Å². The molecule has 0 aliphatic carbocycles. The van der Waals surface area contributed by atoms with Gasteiger partial charge in [0.15, 0.2) is 0 Å². The average Bonchev–Trinajstić information content (AvgIpc) is 2.30. The van der Waals surface area contributed by atoms with Gasteiger partial charge in [-0.05, 0) is 30.3 Å². The van der Waals surface area contributed by atoms with Crippen LogP contribution in [0.2, 0.25) is 0 Å². The van der Waals surface area contributed by atoms with Crippen LogP contribution in [0.3, 0.4) is 0 Å². The molecule has 0 atom stereocenters. The Morgan fingerprint density at radius 3 is 2.53 bits per heavy atom. The summed E-state index contributed by atoms with van der Waals surface area (Å²) in [4.78, 5) is 0. The zero-order valence-corrected chi connectivity index (χ0v) is 8.86. The fraction of sp³-hybridized carbons (Fsp3) is 0.0769. The molecule has 2 nitrogen and oxygen atoms in total. The lowest BCUT2D eigenvalue weighted by Gasteiger charge is -2.08. The predicted octanol–water partition coefficient (Wildman–Crippen LogP) is 3.83. The lowest BCUT2D eigenvalue weighted by atomic mass is 10.2. The zero-order chi connectivity index (χ0) is 12.1. The first-order chi connectivity index (χ1) is 8.24. The van der Waals surface area contributed by atoms with Gasteiger partial charge in [0.2, 0.25) is 0 Å². The zero-order valence-electron chi connectivity index (χ0n) is 8.86. The van der Waals surface area contributed by atoms with E-state index in [1.807, 2.05) is 12.1 Å². The normalized spacial score (nSPS) is 10.3. The predicted molar refractivity (Wildman–Crippen MR) is 61.6 cm³/mol. The summed E-state index contributed by atoms with van der Waals surface area (Å²) in [5.74, 6) is 0.132. The smallest absolute Gasteiger partial charge is 0.387 e. The Balaban J connectivity index is 2.11. The van der Waals surface area contributed by atoms with E-state index in [1.165, 1.54) is 12.1 Å². The number of anilines is 2. The molecule has 2 aromatic rings. The van der Waals surface area contributed by atoms with Crippen LogP contribution in [0.5, 0.6) is 5.75 Å². The molecule has 0 bridgehead atoms. The average molecular weight is 234 g/mol. The fourth-order valence-electron chi connectivity index (χ4n) is 1.39. The highest BCUT2D eigenvalue weighted by atomic mass is 19.3. The van der Waals surface area contributed by atoms with Crippen molar-refractivity contribution in [2.24, 2.45) is 0 Å². The van der Waals surface area contributed by atoms with Gasteiger partial charge in [-0.1, -0.05) is 18.2 Å². The van der Waals surface area contributed by atoms with Gasteiger partial charge in [-0.25, -0.2) is 0 Å². The number of hydrogen-bond donors (Lipinski definition) is 1. The number of rotatable bonds is 4. The Labute approximate surface area is 97.8 Å². The van der Waals surface area contributed by atoms with Crippen LogP contribution in [0.1, 0.15) is 0 Å². The highest BCUT2D eigenvalue weighted by molar-refractivity contribution is 5.60. The number of halogens is 2. The molecule has 0 saturated carbocycles. The molecule has 0 fully saturated rings. The minimum atomic E-state index is -2.81. The van der Waals surface area contributed by atoms with Gasteiger partial charge in [-0.3, -0.25) is 0 Å². The van der Waals surface area contributed by atoms with Crippen molar-refractivity contribution in [1.29, 1.82) is 0 Å². The molecular weight excluding hydrogens is 224 g/mol. The van der Waals surface area contributed by atoms with Crippen molar-refractivity contribution < 1.29 is 13.5 Å². The van der Waals surface area contributed by atoms with Gasteiger partial charge in [0.1, 0.15) is 5.75 Å². The van der Waals surface area contributed by atoms with Crippen molar-refractivity contribution in [1.82, 2.24) is 0 Å². The molecule has 0 aromatic heterocycles. The molecule has 1 N–H and O–H groups in total. The van der Waals surface area contributed by atoms with Gasteiger partial charge in [0, 0.05) is 17.4 Å². The van der Waals surface area contributed by atoms with Crippen LogP contribution in [-0.4, -0.2) is 6.61 Å². The molecule has 2 aromatic carbocycles. The third-order valence-electron chi connectivity index (χ3n) is 2.07. The summed E-state index contributed by atoms with van der Waals surface area (Å²) in [6.45, 7) is -2.81. The van der Waals surface area contributed by atoms with Crippen LogP contribution >= 0.6 is 0 Å². The molecule has 0 unspecified atom stereocenters. The van der Waals surface area contributed by atoms with Crippen LogP contribution in [0, 0.1) is 6.07 Å². The first-order valence-electron chi connectivity index (χ1n) is 5.02. The lowest BCUT2D eigenvalue weighted by molar-refractivity contribution is -0.0497. The second kappa shape index (κ2) is 5.30. The standard InChI is InChI=1S/C13H10F2NO/c14-13(15)17-12-8-4-7-11(9-12)16-10-5-2-1-3-6-10/h2-9,13,16H. The fourth-order valence-corrected chi connectivity index (χ4v) is 1.39. The summed E-state index contributed by atoms with van der Waals surface area (Å²) in [6, 6.07) is 16.5. The summed E-state index contributed by atoms with van der Waals surface area (Å²) in [5, 5.41) is 3.07. The SMILES string of the molecule is FC(F)Oc1cccc(Nc2cc[c]cc2)c1. The van der Waals surface area contributed by atoms with Crippen LogP contribution in [-0.2, 0) is 0 Å². The monoisotopic (exact) mass is 234 g/mol. The first-order valence-corrected chi connectivity index (χ1v) is 5.02. The molecule has 0 heterocycles. The number of ether oxygens (including phenoxy) is 1. The van der Waals surface area contributed by atoms with E-state index in [0.29, 0.717) is 5.69 Å². The Kier molecular flexibility index (Phi) is 3.55. The Hall–Kier alpha value is -2.10. The Morgan fingerprint density at radius 2 is 1.82 bits per heavy atom. The largest absolute Gasteiger partial charge is 0.435 e. The Morgan fingerprint density at radius 1 is 1.06 bits per heavy atom. The van der Waals surface area contributed by atoms with Gasteiger partial charge in [0.05, 0.1) is 0 Å². The topological polar surface area (TPSA) is 21.3 Å². The molecule has 1 radical (unpaired) electrons. The van der Waals surface area contributed by atoms with Crippen LogP contribution in [0.25, 0.3) is 0 Å². The number of benzene rings is 2. The summed E-state index contributed by atoms with van der Waals surface area (Å²) >= 11 is 0. The van der Waals surface area contributed by atoms with E-state index < -0.39 is 6.61 Å². The number of hydrogen-bond acceptors (Lipinski definition) is 2. The summed E-state index contributed by atoms with van der Waals surface area (Å²) in [7, 11) is 0. The van der Waals surface area contributed by atoms with Crippen LogP contribution in [0.4, 0.5) is 20.2 Å². The van der Waals surface area contributed by atoms with E-state index >= 15 is 0 Å². The van der Waals surface area contributed by atoms with E-state index in [2.05, 4.69) is 16.1 Å². The van der Waals surface area contributed by atoms with Gasteiger partial charge in [-0.2, -0.15) is 8.78 Å². The molecule has 17 heavy (non-hydrogen) atoms. The minimum Gasteiger partial charge on any atom is -0.435 e. The summed E-state index contributed by atoms with van der Waals surface area (Å²) in [6.07, 6.45) is 0. The van der Waals surface area contributed by atoms with E-state index in [9.17, 15) is 8.78 Å². The second-order valence-electron chi connectivity index (χ2n) is 3.32. The lowest BCUT2D eigenvalue weighted by Crippen LogP contribution is -2.02. The third-order valence-corrected chi connectivity index (χ3v) is 2.07. The van der Waals surface area contributed by atoms with E-state index in [0.717, 1.165) is 5.69 Å². The van der Waals surface area contributed by atoms with Crippen LogP contribution < -0.4 is 10.1 Å². The van der Waals surface area contributed by atoms with Gasteiger partial charge >= 0.3 is 6.61 Å². The maximum atomic E-state index is 12.0. The van der Waals surface area contributed by atoms with Crippen molar-refractivity contribution in [2.45, 2.75) is 6.61 Å². The molecular formula is C13H10F2NO. The number of nitrogens with one attached hydrogen (secondary N) is 1. The van der Waals surface area contributed by atoms with E-state index in [4.69, 9.17) is 0 Å². The van der Waals surface area contributed by atoms with Crippen molar-refractivity contribution in [3.63, 3.8) is 0 Å². The minimum absolute atomic E-state index is 0.132. The molecule has 2 rings (SSSR count). The summed E-state index contributed by atoms with van der Waals surface area (Å²) < 4.78 is 28.4. The molecule has 0 aliphatic rings. The molecule has 87 valence electrons. The van der Waals surface area contributed by atoms with Gasteiger partial charge < -0.3 is 10.1 Å². The van der Waals surface area contributed by atoms with Crippen molar-refractivity contribution in [3.8, 4) is 5.75 Å². The van der Waals surface area contributed by atoms with Crippen molar-refractivity contribution >= 4 is 11.4 Å². The quantitative estimate of drug-likeness (QED) is 0.868. The second-order valence-corrected chi connectivity index (χ2v) is 3.32. The highest BCUT2D eigenvalue weighted by Crippen LogP contribution is 2.22.